The van der Waals surface area contributed by atoms with Gasteiger partial charge in [0.15, 0.2) is 0 Å². The number of aromatic nitrogens is 1. The minimum absolute atomic E-state index is 0.0697. The summed E-state index contributed by atoms with van der Waals surface area (Å²) in [4.78, 5) is 27.7. The van der Waals surface area contributed by atoms with Crippen molar-refractivity contribution in [1.29, 1.82) is 0 Å². The first kappa shape index (κ1) is 20.2. The summed E-state index contributed by atoms with van der Waals surface area (Å²) >= 11 is 0. The van der Waals surface area contributed by atoms with Crippen LogP contribution in [0, 0.1) is 0 Å². The van der Waals surface area contributed by atoms with Gasteiger partial charge in [-0.3, -0.25) is 14.5 Å². The molecule has 3 rings (SSSR count). The first-order chi connectivity index (χ1) is 14.0. The monoisotopic (exact) mass is 409 g/mol. The van der Waals surface area contributed by atoms with Crippen molar-refractivity contribution >= 4 is 27.9 Å². The number of carbonyl (C=O) groups excluding carboxylic acids is 2. The van der Waals surface area contributed by atoms with Crippen LogP contribution >= 0.6 is 0 Å². The van der Waals surface area contributed by atoms with Crippen molar-refractivity contribution in [2.24, 2.45) is 0 Å². The van der Waals surface area contributed by atoms with E-state index in [4.69, 9.17) is 0 Å². The minimum Gasteiger partial charge on any atom is -0.342 e. The highest BCUT2D eigenvalue weighted by atomic mass is 32.2. The van der Waals surface area contributed by atoms with Crippen molar-refractivity contribution < 1.29 is 18.0 Å². The Morgan fingerprint density at radius 1 is 1.03 bits per heavy atom. The van der Waals surface area contributed by atoms with Crippen molar-refractivity contribution in [2.75, 3.05) is 4.72 Å². The van der Waals surface area contributed by atoms with E-state index in [0.29, 0.717) is 18.4 Å². The summed E-state index contributed by atoms with van der Waals surface area (Å²) in [6.07, 6.45) is 3.92. The molecule has 0 aliphatic rings. The molecular formula is C21H19N3O4S. The summed E-state index contributed by atoms with van der Waals surface area (Å²) in [6.45, 7) is 0. The molecule has 1 amide bonds. The van der Waals surface area contributed by atoms with Crippen LogP contribution in [0.25, 0.3) is 0 Å². The van der Waals surface area contributed by atoms with Gasteiger partial charge in [0.1, 0.15) is 6.29 Å². The number of rotatable bonds is 8. The number of hydrogen-bond donors (Lipinski definition) is 2. The number of carbonyl (C=O) groups is 2. The topological polar surface area (TPSA) is 105 Å². The molecule has 0 aliphatic heterocycles. The van der Waals surface area contributed by atoms with Crippen LogP contribution < -0.4 is 10.0 Å². The second kappa shape index (κ2) is 9.11. The highest BCUT2D eigenvalue weighted by Crippen LogP contribution is 2.16. The maximum absolute atomic E-state index is 12.6. The molecule has 0 aliphatic carbocycles. The Hall–Kier alpha value is -3.52. The van der Waals surface area contributed by atoms with Crippen LogP contribution in [0.4, 0.5) is 5.69 Å². The Morgan fingerprint density at radius 3 is 2.52 bits per heavy atom. The predicted molar refractivity (Wildman–Crippen MR) is 109 cm³/mol. The van der Waals surface area contributed by atoms with Crippen LogP contribution in [0.1, 0.15) is 15.9 Å². The van der Waals surface area contributed by atoms with Crippen LogP contribution in [0.2, 0.25) is 0 Å². The summed E-state index contributed by atoms with van der Waals surface area (Å²) in [6, 6.07) is 17.3. The molecule has 0 unspecified atom stereocenters. The maximum atomic E-state index is 12.6. The molecule has 29 heavy (non-hydrogen) atoms. The van der Waals surface area contributed by atoms with E-state index in [0.717, 1.165) is 5.56 Å². The quantitative estimate of drug-likeness (QED) is 0.556. The number of pyridine rings is 1. The van der Waals surface area contributed by atoms with E-state index in [9.17, 15) is 18.0 Å². The fraction of sp³-hybridized carbons (Fsp3) is 0.0952. The molecule has 0 radical (unpaired) electrons. The van der Waals surface area contributed by atoms with E-state index < -0.39 is 22.0 Å². The Kier molecular flexibility index (Phi) is 6.36. The van der Waals surface area contributed by atoms with E-state index in [1.54, 1.807) is 12.1 Å². The second-order valence-corrected chi connectivity index (χ2v) is 7.96. The number of nitrogens with zero attached hydrogens (tertiary/aromatic N) is 1. The number of benzene rings is 2. The number of anilines is 1. The molecular weight excluding hydrogens is 390 g/mol. The van der Waals surface area contributed by atoms with Gasteiger partial charge in [-0.2, -0.15) is 0 Å². The van der Waals surface area contributed by atoms with Crippen molar-refractivity contribution in [2.45, 2.75) is 17.4 Å². The maximum Gasteiger partial charge on any atom is 0.261 e. The normalized spacial score (nSPS) is 12.0. The molecule has 1 aromatic heterocycles. The van der Waals surface area contributed by atoms with E-state index in [2.05, 4.69) is 15.0 Å². The second-order valence-electron chi connectivity index (χ2n) is 6.28. The molecule has 0 saturated carbocycles. The van der Waals surface area contributed by atoms with Gasteiger partial charge >= 0.3 is 0 Å². The van der Waals surface area contributed by atoms with Gasteiger partial charge in [-0.05, 0) is 42.3 Å². The highest BCUT2D eigenvalue weighted by molar-refractivity contribution is 7.92. The van der Waals surface area contributed by atoms with Crippen LogP contribution in [-0.2, 0) is 21.2 Å². The molecule has 0 spiro atoms. The standard InChI is InChI=1S/C21H19N3O4S/c25-15-19(12-16-6-2-1-3-7-16)23-21(26)17-8-4-10-20(13-17)29(27,28)24-18-9-5-11-22-14-18/h1-11,13-15,19,24H,12H2,(H,23,26)/t19-/m0/s1. The highest BCUT2D eigenvalue weighted by Gasteiger charge is 2.18. The van der Waals surface area contributed by atoms with Crippen molar-refractivity contribution in [3.8, 4) is 0 Å². The van der Waals surface area contributed by atoms with E-state index in [1.807, 2.05) is 30.3 Å². The molecule has 7 nitrogen and oxygen atoms in total. The zero-order chi connectivity index (χ0) is 20.7. The minimum atomic E-state index is -3.89. The third-order valence-electron chi connectivity index (χ3n) is 4.10. The smallest absolute Gasteiger partial charge is 0.261 e. The van der Waals surface area contributed by atoms with Crippen LogP contribution in [-0.4, -0.2) is 31.6 Å². The lowest BCUT2D eigenvalue weighted by molar-refractivity contribution is -0.109. The largest absolute Gasteiger partial charge is 0.342 e. The lowest BCUT2D eigenvalue weighted by Gasteiger charge is -2.14. The van der Waals surface area contributed by atoms with Gasteiger partial charge in [0.2, 0.25) is 0 Å². The lowest BCUT2D eigenvalue weighted by Crippen LogP contribution is -2.37. The fourth-order valence-electron chi connectivity index (χ4n) is 2.69. The van der Waals surface area contributed by atoms with Gasteiger partial charge in [0, 0.05) is 11.8 Å². The average molecular weight is 409 g/mol. The molecule has 2 aromatic carbocycles. The molecule has 1 atom stereocenters. The number of aldehydes is 1. The van der Waals surface area contributed by atoms with Crippen molar-refractivity contribution in [3.63, 3.8) is 0 Å². The van der Waals surface area contributed by atoms with Gasteiger partial charge in [-0.1, -0.05) is 36.4 Å². The summed E-state index contributed by atoms with van der Waals surface area (Å²) in [5, 5.41) is 2.63. The fourth-order valence-corrected chi connectivity index (χ4v) is 3.78. The number of sulfonamides is 1. The van der Waals surface area contributed by atoms with Crippen LogP contribution in [0.5, 0.6) is 0 Å². The van der Waals surface area contributed by atoms with Crippen molar-refractivity contribution in [3.05, 3.63) is 90.3 Å². The number of hydrogen-bond acceptors (Lipinski definition) is 5. The van der Waals surface area contributed by atoms with Gasteiger partial charge in [-0.25, -0.2) is 8.42 Å². The van der Waals surface area contributed by atoms with E-state index in [1.165, 1.54) is 36.7 Å². The summed E-state index contributed by atoms with van der Waals surface area (Å²) in [5.41, 5.74) is 1.35. The Labute approximate surface area is 168 Å². The molecule has 0 bridgehead atoms. The first-order valence-electron chi connectivity index (χ1n) is 8.81. The summed E-state index contributed by atoms with van der Waals surface area (Å²) in [7, 11) is -3.89. The molecule has 0 fully saturated rings. The molecule has 3 aromatic rings. The lowest BCUT2D eigenvalue weighted by atomic mass is 10.1. The third kappa shape index (κ3) is 5.49. The van der Waals surface area contributed by atoms with E-state index in [-0.39, 0.29) is 10.5 Å². The first-order valence-corrected chi connectivity index (χ1v) is 10.3. The number of amides is 1. The third-order valence-corrected chi connectivity index (χ3v) is 5.48. The molecule has 148 valence electrons. The molecule has 8 heteroatoms. The number of nitrogens with one attached hydrogen (secondary N) is 2. The molecule has 2 N–H and O–H groups in total. The van der Waals surface area contributed by atoms with Gasteiger partial charge in [-0.15, -0.1) is 0 Å². The van der Waals surface area contributed by atoms with Gasteiger partial charge in [0.25, 0.3) is 15.9 Å². The zero-order valence-corrected chi connectivity index (χ0v) is 16.2. The van der Waals surface area contributed by atoms with Gasteiger partial charge < -0.3 is 10.1 Å². The Balaban J connectivity index is 1.74. The van der Waals surface area contributed by atoms with Crippen LogP contribution in [0.3, 0.4) is 0 Å². The molecule has 1 heterocycles. The Morgan fingerprint density at radius 2 is 1.83 bits per heavy atom. The van der Waals surface area contributed by atoms with Crippen LogP contribution in [0.15, 0.2) is 84.0 Å². The summed E-state index contributed by atoms with van der Waals surface area (Å²) in [5.74, 6) is -0.531. The average Bonchev–Trinajstić information content (AvgIpc) is 2.74. The van der Waals surface area contributed by atoms with E-state index >= 15 is 0 Å². The SMILES string of the molecule is O=C[C@H](Cc1ccccc1)NC(=O)c1cccc(S(=O)(=O)Nc2cccnc2)c1. The summed E-state index contributed by atoms with van der Waals surface area (Å²) < 4.78 is 27.5. The Bertz CT molecular complexity index is 1090. The molecule has 0 saturated heterocycles. The van der Waals surface area contributed by atoms with Gasteiger partial charge in [0.05, 0.1) is 22.8 Å². The zero-order valence-electron chi connectivity index (χ0n) is 15.4. The van der Waals surface area contributed by atoms with Crippen molar-refractivity contribution in [1.82, 2.24) is 10.3 Å². The predicted octanol–water partition coefficient (Wildman–Crippen LogP) is 2.42.